The van der Waals surface area contributed by atoms with Gasteiger partial charge in [-0.3, -0.25) is 9.88 Å². The van der Waals surface area contributed by atoms with Crippen LogP contribution in [0.5, 0.6) is 0 Å². The smallest absolute Gasteiger partial charge is 0.0416 e. The molecular formula is C16H25N3. The number of hydrogen-bond donors (Lipinski definition) is 1. The Bertz CT molecular complexity index is 388. The summed E-state index contributed by atoms with van der Waals surface area (Å²) in [6, 6.07) is 7.67. The Kier molecular flexibility index (Phi) is 4.14. The molecule has 2 heterocycles. The third kappa shape index (κ3) is 3.34. The fourth-order valence-electron chi connectivity index (χ4n) is 3.18. The quantitative estimate of drug-likeness (QED) is 0.877. The van der Waals surface area contributed by atoms with Gasteiger partial charge in [-0.25, -0.2) is 0 Å². The number of nitrogens with one attached hydrogen (secondary N) is 1. The minimum atomic E-state index is 0.707. The second-order valence-corrected chi connectivity index (χ2v) is 5.98. The molecule has 0 amide bonds. The van der Waals surface area contributed by atoms with E-state index in [9.17, 15) is 0 Å². The predicted octanol–water partition coefficient (Wildman–Crippen LogP) is 2.09. The zero-order valence-electron chi connectivity index (χ0n) is 11.9. The van der Waals surface area contributed by atoms with E-state index in [0.717, 1.165) is 24.9 Å². The molecule has 3 nitrogen and oxygen atoms in total. The van der Waals surface area contributed by atoms with Crippen LogP contribution in [0, 0.1) is 5.92 Å². The highest BCUT2D eigenvalue weighted by Crippen LogP contribution is 2.34. The Morgan fingerprint density at radius 1 is 1.37 bits per heavy atom. The van der Waals surface area contributed by atoms with Gasteiger partial charge in [0, 0.05) is 50.0 Å². The van der Waals surface area contributed by atoms with Crippen molar-refractivity contribution < 1.29 is 0 Å². The summed E-state index contributed by atoms with van der Waals surface area (Å²) >= 11 is 0. The van der Waals surface area contributed by atoms with Gasteiger partial charge < -0.3 is 5.32 Å². The molecule has 3 heteroatoms. The van der Waals surface area contributed by atoms with Gasteiger partial charge in [-0.1, -0.05) is 13.0 Å². The second-order valence-electron chi connectivity index (χ2n) is 5.98. The fraction of sp³-hybridized carbons (Fsp3) is 0.688. The third-order valence-corrected chi connectivity index (χ3v) is 4.61. The van der Waals surface area contributed by atoms with Crippen molar-refractivity contribution in [3.8, 4) is 0 Å². The minimum absolute atomic E-state index is 0.707. The SMILES string of the molecule is CCC1CNC(C2CC2)CN1CCc1ccccn1. The van der Waals surface area contributed by atoms with Gasteiger partial charge in [0.25, 0.3) is 0 Å². The summed E-state index contributed by atoms with van der Waals surface area (Å²) in [5.74, 6) is 0.954. The zero-order chi connectivity index (χ0) is 13.1. The van der Waals surface area contributed by atoms with Crippen molar-refractivity contribution in [1.82, 2.24) is 15.2 Å². The fourth-order valence-corrected chi connectivity index (χ4v) is 3.18. The van der Waals surface area contributed by atoms with Crippen LogP contribution < -0.4 is 5.32 Å². The maximum absolute atomic E-state index is 4.44. The van der Waals surface area contributed by atoms with E-state index in [-0.39, 0.29) is 0 Å². The van der Waals surface area contributed by atoms with Crippen LogP contribution in [-0.2, 0) is 6.42 Å². The van der Waals surface area contributed by atoms with Crippen LogP contribution in [0.3, 0.4) is 0 Å². The third-order valence-electron chi connectivity index (χ3n) is 4.61. The second kappa shape index (κ2) is 6.02. The summed E-state index contributed by atoms with van der Waals surface area (Å²) in [6.07, 6.45) is 7.09. The summed E-state index contributed by atoms with van der Waals surface area (Å²) in [5, 5.41) is 3.75. The predicted molar refractivity (Wildman–Crippen MR) is 78.1 cm³/mol. The molecule has 1 saturated carbocycles. The molecule has 0 aromatic carbocycles. The maximum atomic E-state index is 4.44. The molecule has 19 heavy (non-hydrogen) atoms. The Labute approximate surface area is 116 Å². The van der Waals surface area contributed by atoms with E-state index in [1.165, 1.54) is 38.0 Å². The first kappa shape index (κ1) is 13.1. The molecule has 1 saturated heterocycles. The summed E-state index contributed by atoms with van der Waals surface area (Å²) in [5.41, 5.74) is 1.22. The number of piperazine rings is 1. The number of hydrogen-bond acceptors (Lipinski definition) is 3. The van der Waals surface area contributed by atoms with Crippen molar-refractivity contribution in [2.75, 3.05) is 19.6 Å². The van der Waals surface area contributed by atoms with Gasteiger partial charge in [-0.15, -0.1) is 0 Å². The number of rotatable bonds is 5. The lowest BCUT2D eigenvalue weighted by atomic mass is 10.0. The van der Waals surface area contributed by atoms with Gasteiger partial charge in [0.05, 0.1) is 0 Å². The van der Waals surface area contributed by atoms with Gasteiger partial charge in [0.1, 0.15) is 0 Å². The van der Waals surface area contributed by atoms with Crippen LogP contribution in [0.2, 0.25) is 0 Å². The summed E-state index contributed by atoms with van der Waals surface area (Å²) in [6.45, 7) is 5.86. The van der Waals surface area contributed by atoms with Crippen molar-refractivity contribution in [3.05, 3.63) is 30.1 Å². The average molecular weight is 259 g/mol. The summed E-state index contributed by atoms with van der Waals surface area (Å²) in [7, 11) is 0. The van der Waals surface area contributed by atoms with E-state index < -0.39 is 0 Å². The highest BCUT2D eigenvalue weighted by molar-refractivity contribution is 5.04. The number of pyridine rings is 1. The highest BCUT2D eigenvalue weighted by Gasteiger charge is 2.36. The van der Waals surface area contributed by atoms with Crippen molar-refractivity contribution in [3.63, 3.8) is 0 Å². The van der Waals surface area contributed by atoms with Crippen LogP contribution in [0.25, 0.3) is 0 Å². The molecule has 1 aromatic heterocycles. The van der Waals surface area contributed by atoms with E-state index in [1.807, 2.05) is 12.3 Å². The molecule has 0 bridgehead atoms. The van der Waals surface area contributed by atoms with E-state index in [4.69, 9.17) is 0 Å². The van der Waals surface area contributed by atoms with Crippen molar-refractivity contribution in [2.45, 2.75) is 44.7 Å². The average Bonchev–Trinajstić information content (AvgIpc) is 3.30. The largest absolute Gasteiger partial charge is 0.311 e. The van der Waals surface area contributed by atoms with E-state index in [0.29, 0.717) is 6.04 Å². The first-order valence-electron chi connectivity index (χ1n) is 7.74. The first-order chi connectivity index (χ1) is 9.36. The van der Waals surface area contributed by atoms with Gasteiger partial charge in [-0.2, -0.15) is 0 Å². The van der Waals surface area contributed by atoms with Crippen molar-refractivity contribution in [1.29, 1.82) is 0 Å². The molecule has 2 unspecified atom stereocenters. The molecule has 3 rings (SSSR count). The van der Waals surface area contributed by atoms with Crippen LogP contribution >= 0.6 is 0 Å². The molecule has 1 aromatic rings. The molecule has 0 spiro atoms. The van der Waals surface area contributed by atoms with Crippen LogP contribution in [0.1, 0.15) is 31.9 Å². The molecule has 104 valence electrons. The molecule has 1 aliphatic carbocycles. The Morgan fingerprint density at radius 2 is 2.26 bits per heavy atom. The van der Waals surface area contributed by atoms with E-state index in [2.05, 4.69) is 34.3 Å². The lowest BCUT2D eigenvalue weighted by Crippen LogP contribution is -2.57. The summed E-state index contributed by atoms with van der Waals surface area (Å²) in [4.78, 5) is 7.13. The molecule has 2 atom stereocenters. The molecular weight excluding hydrogens is 234 g/mol. The first-order valence-corrected chi connectivity index (χ1v) is 7.74. The Hall–Kier alpha value is -0.930. The van der Waals surface area contributed by atoms with Gasteiger partial charge in [-0.05, 0) is 37.3 Å². The molecule has 1 aliphatic heterocycles. The normalized spacial score (nSPS) is 28.5. The van der Waals surface area contributed by atoms with Crippen LogP contribution in [0.4, 0.5) is 0 Å². The van der Waals surface area contributed by atoms with Crippen molar-refractivity contribution >= 4 is 0 Å². The van der Waals surface area contributed by atoms with Gasteiger partial charge in [0.2, 0.25) is 0 Å². The maximum Gasteiger partial charge on any atom is 0.0416 e. The molecule has 2 fully saturated rings. The minimum Gasteiger partial charge on any atom is -0.311 e. The van der Waals surface area contributed by atoms with Crippen LogP contribution in [0.15, 0.2) is 24.4 Å². The molecule has 2 aliphatic rings. The van der Waals surface area contributed by atoms with Crippen molar-refractivity contribution in [2.24, 2.45) is 5.92 Å². The van der Waals surface area contributed by atoms with E-state index >= 15 is 0 Å². The highest BCUT2D eigenvalue weighted by atomic mass is 15.2. The van der Waals surface area contributed by atoms with Crippen LogP contribution in [-0.4, -0.2) is 41.6 Å². The van der Waals surface area contributed by atoms with Gasteiger partial charge in [0.15, 0.2) is 0 Å². The van der Waals surface area contributed by atoms with Gasteiger partial charge >= 0.3 is 0 Å². The molecule has 0 radical (unpaired) electrons. The Balaban J connectivity index is 1.56. The lowest BCUT2D eigenvalue weighted by Gasteiger charge is -2.40. The zero-order valence-corrected chi connectivity index (χ0v) is 11.9. The number of nitrogens with zero attached hydrogens (tertiary/aromatic N) is 2. The topological polar surface area (TPSA) is 28.2 Å². The summed E-state index contributed by atoms with van der Waals surface area (Å²) < 4.78 is 0. The number of aromatic nitrogens is 1. The van der Waals surface area contributed by atoms with E-state index in [1.54, 1.807) is 0 Å². The standard InChI is InChI=1S/C16H25N3/c1-2-15-11-18-16(13-6-7-13)12-19(15)10-8-14-5-3-4-9-17-14/h3-5,9,13,15-16,18H,2,6-8,10-12H2,1H3. The monoisotopic (exact) mass is 259 g/mol. The Morgan fingerprint density at radius 3 is 2.95 bits per heavy atom. The molecule has 1 N–H and O–H groups in total. The lowest BCUT2D eigenvalue weighted by molar-refractivity contribution is 0.120.